The Hall–Kier alpha value is -3.12. The molecule has 0 heterocycles. The average Bonchev–Trinajstić information content (AvgIpc) is 3.62. The Morgan fingerprint density at radius 3 is 2.35 bits per heavy atom. The Kier molecular flexibility index (Phi) is 7.84. The zero-order valence-corrected chi connectivity index (χ0v) is 18.1. The molecule has 3 N–H and O–H groups in total. The van der Waals surface area contributed by atoms with E-state index in [0.29, 0.717) is 29.8 Å². The van der Waals surface area contributed by atoms with Crippen molar-refractivity contribution in [1.82, 2.24) is 10.6 Å². The van der Waals surface area contributed by atoms with Crippen LogP contribution in [0.15, 0.2) is 54.2 Å². The minimum Gasteiger partial charge on any atom is -0.493 e. The Morgan fingerprint density at radius 2 is 1.77 bits per heavy atom. The van der Waals surface area contributed by atoms with E-state index >= 15 is 0 Å². The van der Waals surface area contributed by atoms with E-state index in [2.05, 4.69) is 36.6 Å². The van der Waals surface area contributed by atoms with Gasteiger partial charge in [0.2, 0.25) is 0 Å². The number of hydrogen-bond donors (Lipinski definition) is 3. The van der Waals surface area contributed by atoms with Crippen LogP contribution in [-0.4, -0.2) is 36.7 Å². The van der Waals surface area contributed by atoms with Gasteiger partial charge in [-0.1, -0.05) is 38.1 Å². The van der Waals surface area contributed by atoms with Gasteiger partial charge in [-0.05, 0) is 66.1 Å². The molecule has 1 aliphatic carbocycles. The van der Waals surface area contributed by atoms with Crippen LogP contribution in [0, 0.1) is 5.92 Å². The summed E-state index contributed by atoms with van der Waals surface area (Å²) in [5.41, 5.74) is 2.66. The Bertz CT molecular complexity index is 914. The molecule has 164 valence electrons. The fourth-order valence-corrected chi connectivity index (χ4v) is 3.03. The normalized spacial score (nSPS) is 13.7. The molecule has 2 aromatic rings. The molecule has 6 nitrogen and oxygen atoms in total. The molecule has 2 aromatic carbocycles. The summed E-state index contributed by atoms with van der Waals surface area (Å²) in [6.45, 7) is 4.66. The SMILES string of the molecule is CC(C)COc1ccc(C(=O)NC(=Cc2ccc(C3CC3)cc2)C(=O)NCCO)cc1. The lowest BCUT2D eigenvalue weighted by atomic mass is 10.1. The molecule has 0 radical (unpaired) electrons. The number of hydrogen-bond acceptors (Lipinski definition) is 4. The minimum atomic E-state index is -0.453. The van der Waals surface area contributed by atoms with Gasteiger partial charge in [-0.3, -0.25) is 9.59 Å². The standard InChI is InChI=1S/C25H30N2O4/c1-17(2)16-31-22-11-9-21(10-12-22)24(29)27-23(25(30)26-13-14-28)15-18-3-5-19(6-4-18)20-7-8-20/h3-6,9-12,15,17,20,28H,7-8,13-14,16H2,1-2H3,(H,26,30)(H,27,29). The van der Waals surface area contributed by atoms with E-state index in [9.17, 15) is 9.59 Å². The van der Waals surface area contributed by atoms with Crippen molar-refractivity contribution < 1.29 is 19.4 Å². The van der Waals surface area contributed by atoms with Crippen molar-refractivity contribution in [2.24, 2.45) is 5.92 Å². The highest BCUT2D eigenvalue weighted by Crippen LogP contribution is 2.39. The first-order chi connectivity index (χ1) is 15.0. The number of ether oxygens (including phenoxy) is 1. The largest absolute Gasteiger partial charge is 0.493 e. The molecule has 0 aromatic heterocycles. The molecule has 0 bridgehead atoms. The summed E-state index contributed by atoms with van der Waals surface area (Å²) < 4.78 is 5.64. The lowest BCUT2D eigenvalue weighted by Crippen LogP contribution is -2.36. The second kappa shape index (κ2) is 10.8. The van der Waals surface area contributed by atoms with Crippen molar-refractivity contribution in [3.05, 3.63) is 70.9 Å². The highest BCUT2D eigenvalue weighted by molar-refractivity contribution is 6.05. The van der Waals surface area contributed by atoms with E-state index in [1.54, 1.807) is 30.3 Å². The predicted octanol–water partition coefficient (Wildman–Crippen LogP) is 3.48. The van der Waals surface area contributed by atoms with Gasteiger partial charge in [0.15, 0.2) is 0 Å². The van der Waals surface area contributed by atoms with Crippen molar-refractivity contribution in [3.63, 3.8) is 0 Å². The molecule has 31 heavy (non-hydrogen) atoms. The lowest BCUT2D eigenvalue weighted by molar-refractivity contribution is -0.117. The van der Waals surface area contributed by atoms with Crippen LogP contribution in [0.3, 0.4) is 0 Å². The number of rotatable bonds is 10. The maximum Gasteiger partial charge on any atom is 0.267 e. The van der Waals surface area contributed by atoms with Crippen LogP contribution in [-0.2, 0) is 4.79 Å². The van der Waals surface area contributed by atoms with Crippen LogP contribution < -0.4 is 15.4 Å². The molecule has 1 aliphatic rings. The molecular weight excluding hydrogens is 392 g/mol. The number of carbonyl (C=O) groups excluding carboxylic acids is 2. The molecule has 2 amide bonds. The molecule has 0 atom stereocenters. The fourth-order valence-electron chi connectivity index (χ4n) is 3.03. The van der Waals surface area contributed by atoms with Gasteiger partial charge in [0.1, 0.15) is 11.4 Å². The predicted molar refractivity (Wildman–Crippen MR) is 121 cm³/mol. The van der Waals surface area contributed by atoms with E-state index in [-0.39, 0.29) is 18.8 Å². The molecule has 0 spiro atoms. The highest BCUT2D eigenvalue weighted by atomic mass is 16.5. The van der Waals surface area contributed by atoms with E-state index in [1.165, 1.54) is 18.4 Å². The van der Waals surface area contributed by atoms with Crippen LogP contribution in [0.4, 0.5) is 0 Å². The topological polar surface area (TPSA) is 87.7 Å². The monoisotopic (exact) mass is 422 g/mol. The van der Waals surface area contributed by atoms with Crippen molar-refractivity contribution >= 4 is 17.9 Å². The second-order valence-electron chi connectivity index (χ2n) is 8.16. The molecule has 1 saturated carbocycles. The van der Waals surface area contributed by atoms with Crippen molar-refractivity contribution in [2.75, 3.05) is 19.8 Å². The first kappa shape index (κ1) is 22.6. The first-order valence-electron chi connectivity index (χ1n) is 10.7. The van der Waals surface area contributed by atoms with E-state index in [1.807, 2.05) is 12.1 Å². The molecule has 3 rings (SSSR count). The summed E-state index contributed by atoms with van der Waals surface area (Å²) in [6.07, 6.45) is 4.09. The summed E-state index contributed by atoms with van der Waals surface area (Å²) in [6, 6.07) is 14.8. The van der Waals surface area contributed by atoms with Crippen LogP contribution in [0.25, 0.3) is 6.08 Å². The van der Waals surface area contributed by atoms with Crippen molar-refractivity contribution in [1.29, 1.82) is 0 Å². The third kappa shape index (κ3) is 6.96. The van der Waals surface area contributed by atoms with Crippen LogP contribution in [0.1, 0.15) is 54.1 Å². The fraction of sp³-hybridized carbons (Fsp3) is 0.360. The van der Waals surface area contributed by atoms with E-state index in [4.69, 9.17) is 9.84 Å². The third-order valence-corrected chi connectivity index (χ3v) is 4.89. The summed E-state index contributed by atoms with van der Waals surface area (Å²) in [7, 11) is 0. The van der Waals surface area contributed by atoms with Crippen molar-refractivity contribution in [3.8, 4) is 5.75 Å². The number of aliphatic hydroxyl groups excluding tert-OH is 1. The minimum absolute atomic E-state index is 0.106. The second-order valence-corrected chi connectivity index (χ2v) is 8.16. The summed E-state index contributed by atoms with van der Waals surface area (Å²) in [4.78, 5) is 25.3. The Morgan fingerprint density at radius 1 is 1.10 bits per heavy atom. The summed E-state index contributed by atoms with van der Waals surface area (Å²) in [5.74, 6) is 0.905. The Balaban J connectivity index is 1.72. The third-order valence-electron chi connectivity index (χ3n) is 4.89. The van der Waals surface area contributed by atoms with E-state index in [0.717, 1.165) is 5.56 Å². The van der Waals surface area contributed by atoms with Crippen LogP contribution >= 0.6 is 0 Å². The molecular formula is C25H30N2O4. The number of carbonyl (C=O) groups is 2. The van der Waals surface area contributed by atoms with Gasteiger partial charge in [-0.25, -0.2) is 0 Å². The van der Waals surface area contributed by atoms with Gasteiger partial charge in [0.05, 0.1) is 13.2 Å². The number of aliphatic hydroxyl groups is 1. The Labute approximate surface area is 183 Å². The summed E-state index contributed by atoms with van der Waals surface area (Å²) in [5, 5.41) is 14.3. The summed E-state index contributed by atoms with van der Waals surface area (Å²) >= 11 is 0. The zero-order chi connectivity index (χ0) is 22.2. The molecule has 0 aliphatic heterocycles. The quantitative estimate of drug-likeness (QED) is 0.512. The van der Waals surface area contributed by atoms with Gasteiger partial charge >= 0.3 is 0 Å². The van der Waals surface area contributed by atoms with Crippen LogP contribution in [0.2, 0.25) is 0 Å². The van der Waals surface area contributed by atoms with Crippen molar-refractivity contribution in [2.45, 2.75) is 32.6 Å². The number of nitrogens with one attached hydrogen (secondary N) is 2. The molecule has 1 fully saturated rings. The average molecular weight is 423 g/mol. The van der Waals surface area contributed by atoms with Crippen LogP contribution in [0.5, 0.6) is 5.75 Å². The molecule has 6 heteroatoms. The zero-order valence-electron chi connectivity index (χ0n) is 18.1. The van der Waals surface area contributed by atoms with Gasteiger partial charge in [-0.15, -0.1) is 0 Å². The molecule has 0 saturated heterocycles. The van der Waals surface area contributed by atoms with Gasteiger partial charge < -0.3 is 20.5 Å². The maximum absolute atomic E-state index is 12.7. The molecule has 0 unspecified atom stereocenters. The highest BCUT2D eigenvalue weighted by Gasteiger charge is 2.23. The van der Waals surface area contributed by atoms with Gasteiger partial charge in [0, 0.05) is 12.1 Å². The smallest absolute Gasteiger partial charge is 0.267 e. The maximum atomic E-state index is 12.7. The first-order valence-corrected chi connectivity index (χ1v) is 10.7. The van der Waals surface area contributed by atoms with Gasteiger partial charge in [-0.2, -0.15) is 0 Å². The van der Waals surface area contributed by atoms with E-state index < -0.39 is 11.8 Å². The lowest BCUT2D eigenvalue weighted by Gasteiger charge is -2.12. The number of amides is 2. The van der Waals surface area contributed by atoms with Gasteiger partial charge in [0.25, 0.3) is 11.8 Å². The number of benzene rings is 2.